The standard InChI is InChI=1S/C32H34N4O6/c1-36(2)12-11-32(37,22-17-27(38-3)35-28(18-22)39-4)29(23-7-6-8-26-30(23)42-14-13-41-26)24-16-21-15-20(19-33)9-10-25(21)34-31(24)40-5/h6-10,15-18,29,37H,11-14H2,1-5H3/t29-,32-/m1/s1. The minimum Gasteiger partial charge on any atom is -0.486 e. The SMILES string of the molecule is COc1cc([C@](O)(CCN(C)C)[C@@H](c2cc3cc(C#N)ccc3nc2OC)c2cccc3c2OCCO3)cc(OC)n1. The smallest absolute Gasteiger partial charge is 0.217 e. The van der Waals surface area contributed by atoms with Gasteiger partial charge in [0, 0.05) is 35.2 Å². The zero-order valence-electron chi connectivity index (χ0n) is 24.4. The average molecular weight is 571 g/mol. The molecule has 2 aromatic heterocycles. The Bertz CT molecular complexity index is 1610. The van der Waals surface area contributed by atoms with Gasteiger partial charge >= 0.3 is 0 Å². The highest BCUT2D eigenvalue weighted by Crippen LogP contribution is 2.52. The molecule has 5 rings (SSSR count). The first kappa shape index (κ1) is 28.9. The van der Waals surface area contributed by atoms with Crippen LogP contribution in [0.2, 0.25) is 0 Å². The molecule has 3 heterocycles. The van der Waals surface area contributed by atoms with Crippen LogP contribution in [0.4, 0.5) is 0 Å². The minimum atomic E-state index is -1.58. The summed E-state index contributed by atoms with van der Waals surface area (Å²) in [7, 11) is 8.49. The van der Waals surface area contributed by atoms with Crippen molar-refractivity contribution in [3.05, 3.63) is 76.9 Å². The average Bonchev–Trinajstić information content (AvgIpc) is 3.03. The van der Waals surface area contributed by atoms with E-state index in [-0.39, 0.29) is 0 Å². The summed E-state index contributed by atoms with van der Waals surface area (Å²) in [5.41, 5.74) is 1.40. The van der Waals surface area contributed by atoms with Gasteiger partial charge in [-0.05, 0) is 56.4 Å². The Morgan fingerprint density at radius 1 is 0.952 bits per heavy atom. The summed E-state index contributed by atoms with van der Waals surface area (Å²) >= 11 is 0. The second-order valence-corrected chi connectivity index (χ2v) is 10.3. The van der Waals surface area contributed by atoms with Crippen LogP contribution in [0.3, 0.4) is 0 Å². The number of nitriles is 1. The van der Waals surface area contributed by atoms with E-state index in [0.29, 0.717) is 83.1 Å². The van der Waals surface area contributed by atoms with E-state index in [1.54, 1.807) is 37.4 Å². The van der Waals surface area contributed by atoms with Crippen LogP contribution in [-0.2, 0) is 5.60 Å². The molecule has 0 spiro atoms. The number of para-hydroxylation sites is 1. The molecule has 10 nitrogen and oxygen atoms in total. The van der Waals surface area contributed by atoms with Gasteiger partial charge in [0.1, 0.15) is 18.8 Å². The van der Waals surface area contributed by atoms with Gasteiger partial charge in [0.15, 0.2) is 11.5 Å². The lowest BCUT2D eigenvalue weighted by Crippen LogP contribution is -2.38. The van der Waals surface area contributed by atoms with E-state index in [1.165, 1.54) is 14.2 Å². The Kier molecular flexibility index (Phi) is 8.34. The fourth-order valence-corrected chi connectivity index (χ4v) is 5.41. The number of hydrogen-bond donors (Lipinski definition) is 1. The van der Waals surface area contributed by atoms with Crippen molar-refractivity contribution in [2.24, 2.45) is 0 Å². The van der Waals surface area contributed by atoms with Crippen LogP contribution in [-0.4, -0.2) is 75.2 Å². The maximum Gasteiger partial charge on any atom is 0.217 e. The molecule has 0 saturated heterocycles. The number of aromatic nitrogens is 2. The van der Waals surface area contributed by atoms with Gasteiger partial charge in [-0.25, -0.2) is 4.98 Å². The number of methoxy groups -OCH3 is 3. The predicted octanol–water partition coefficient (Wildman–Crippen LogP) is 4.27. The summed E-state index contributed by atoms with van der Waals surface area (Å²) in [6.07, 6.45) is 0.297. The minimum absolute atomic E-state index is 0.295. The van der Waals surface area contributed by atoms with Crippen molar-refractivity contribution in [2.75, 3.05) is 55.2 Å². The van der Waals surface area contributed by atoms with Crippen LogP contribution < -0.4 is 23.7 Å². The third-order valence-corrected chi connectivity index (χ3v) is 7.46. The van der Waals surface area contributed by atoms with E-state index in [9.17, 15) is 10.4 Å². The van der Waals surface area contributed by atoms with Crippen LogP contribution in [0, 0.1) is 11.3 Å². The molecule has 2 aromatic carbocycles. The quantitative estimate of drug-likeness (QED) is 0.296. The van der Waals surface area contributed by atoms with Crippen molar-refractivity contribution in [1.82, 2.24) is 14.9 Å². The maximum absolute atomic E-state index is 13.1. The van der Waals surface area contributed by atoms with Gasteiger partial charge in [-0.3, -0.25) is 0 Å². The fourth-order valence-electron chi connectivity index (χ4n) is 5.41. The van der Waals surface area contributed by atoms with E-state index in [2.05, 4.69) is 11.1 Å². The van der Waals surface area contributed by atoms with E-state index < -0.39 is 11.5 Å². The second-order valence-electron chi connectivity index (χ2n) is 10.3. The molecule has 1 aliphatic heterocycles. The number of hydrogen-bond acceptors (Lipinski definition) is 10. The predicted molar refractivity (Wildman–Crippen MR) is 157 cm³/mol. The number of ether oxygens (including phenoxy) is 5. The first-order chi connectivity index (χ1) is 20.3. The molecule has 0 radical (unpaired) electrons. The summed E-state index contributed by atoms with van der Waals surface area (Å²) < 4.78 is 29.0. The van der Waals surface area contributed by atoms with Crippen molar-refractivity contribution < 1.29 is 28.8 Å². The largest absolute Gasteiger partial charge is 0.486 e. The van der Waals surface area contributed by atoms with Crippen molar-refractivity contribution in [2.45, 2.75) is 17.9 Å². The molecular weight excluding hydrogens is 536 g/mol. The van der Waals surface area contributed by atoms with E-state index in [0.717, 1.165) is 5.39 Å². The zero-order valence-corrected chi connectivity index (χ0v) is 24.4. The van der Waals surface area contributed by atoms with Crippen LogP contribution in [0.5, 0.6) is 29.1 Å². The molecule has 0 bridgehead atoms. The van der Waals surface area contributed by atoms with E-state index >= 15 is 0 Å². The summed E-state index contributed by atoms with van der Waals surface area (Å²) in [6.45, 7) is 1.32. The van der Waals surface area contributed by atoms with Gasteiger partial charge in [0.2, 0.25) is 17.6 Å². The van der Waals surface area contributed by atoms with Crippen molar-refractivity contribution in [1.29, 1.82) is 5.26 Å². The van der Waals surface area contributed by atoms with Gasteiger partial charge < -0.3 is 33.7 Å². The fraction of sp³-hybridized carbons (Fsp3) is 0.344. The Labute approximate surface area is 245 Å². The molecule has 0 aliphatic carbocycles. The van der Waals surface area contributed by atoms with Crippen LogP contribution >= 0.6 is 0 Å². The third-order valence-electron chi connectivity index (χ3n) is 7.46. The highest BCUT2D eigenvalue weighted by Gasteiger charge is 2.45. The Morgan fingerprint density at radius 3 is 2.36 bits per heavy atom. The van der Waals surface area contributed by atoms with Crippen LogP contribution in [0.1, 0.15) is 34.6 Å². The Morgan fingerprint density at radius 2 is 1.69 bits per heavy atom. The first-order valence-corrected chi connectivity index (χ1v) is 13.6. The topological polar surface area (TPSA) is 119 Å². The molecule has 2 atom stereocenters. The Hall–Kier alpha value is -4.59. The number of fused-ring (bicyclic) bond motifs is 2. The molecule has 0 fully saturated rings. The molecular formula is C32H34N4O6. The Balaban J connectivity index is 1.87. The van der Waals surface area contributed by atoms with Crippen LogP contribution in [0.25, 0.3) is 10.9 Å². The molecule has 10 heteroatoms. The molecule has 0 amide bonds. The lowest BCUT2D eigenvalue weighted by atomic mass is 9.71. The van der Waals surface area contributed by atoms with Gasteiger partial charge in [-0.15, -0.1) is 0 Å². The van der Waals surface area contributed by atoms with Crippen molar-refractivity contribution >= 4 is 10.9 Å². The first-order valence-electron chi connectivity index (χ1n) is 13.6. The zero-order chi connectivity index (χ0) is 29.9. The molecule has 0 saturated carbocycles. The second kappa shape index (κ2) is 12.1. The molecule has 42 heavy (non-hydrogen) atoms. The normalized spacial score (nSPS) is 14.6. The lowest BCUT2D eigenvalue weighted by molar-refractivity contribution is 0.00214. The summed E-state index contributed by atoms with van der Waals surface area (Å²) in [6, 6.07) is 18.5. The lowest BCUT2D eigenvalue weighted by Gasteiger charge is -2.40. The number of nitrogens with zero attached hydrogens (tertiary/aromatic N) is 4. The van der Waals surface area contributed by atoms with E-state index in [4.69, 9.17) is 28.7 Å². The maximum atomic E-state index is 13.1. The highest BCUT2D eigenvalue weighted by atomic mass is 16.6. The summed E-state index contributed by atoms with van der Waals surface area (Å²) in [5, 5.41) is 23.5. The third kappa shape index (κ3) is 5.49. The summed E-state index contributed by atoms with van der Waals surface area (Å²) in [4.78, 5) is 11.2. The van der Waals surface area contributed by atoms with Crippen LogP contribution in [0.15, 0.2) is 54.6 Å². The highest BCUT2D eigenvalue weighted by molar-refractivity contribution is 5.82. The summed E-state index contributed by atoms with van der Waals surface area (Å²) in [5.74, 6) is 1.28. The molecule has 218 valence electrons. The molecule has 0 unspecified atom stereocenters. The molecule has 1 aliphatic rings. The van der Waals surface area contributed by atoms with Gasteiger partial charge in [0.25, 0.3) is 0 Å². The number of benzene rings is 2. The number of pyridine rings is 2. The van der Waals surface area contributed by atoms with Crippen molar-refractivity contribution in [3.63, 3.8) is 0 Å². The van der Waals surface area contributed by atoms with Gasteiger partial charge in [-0.1, -0.05) is 12.1 Å². The number of rotatable bonds is 10. The van der Waals surface area contributed by atoms with Crippen molar-refractivity contribution in [3.8, 4) is 35.2 Å². The molecule has 1 N–H and O–H groups in total. The van der Waals surface area contributed by atoms with Gasteiger partial charge in [-0.2, -0.15) is 10.2 Å². The van der Waals surface area contributed by atoms with Gasteiger partial charge in [0.05, 0.1) is 44.4 Å². The van der Waals surface area contributed by atoms with E-state index in [1.807, 2.05) is 43.3 Å². The number of aliphatic hydroxyl groups is 1. The monoisotopic (exact) mass is 570 g/mol. The molecule has 4 aromatic rings.